The lowest BCUT2D eigenvalue weighted by Gasteiger charge is -2.25. The number of rotatable bonds is 7. The lowest BCUT2D eigenvalue weighted by atomic mass is 9.96. The largest absolute Gasteiger partial charge is 0.488 e. The van der Waals surface area contributed by atoms with Gasteiger partial charge in [0, 0.05) is 15.6 Å². The van der Waals surface area contributed by atoms with Gasteiger partial charge in [0.25, 0.3) is 5.56 Å². The second-order valence-corrected chi connectivity index (χ2v) is 11.8. The van der Waals surface area contributed by atoms with E-state index < -0.39 is 12.0 Å². The summed E-state index contributed by atoms with van der Waals surface area (Å²) < 4.78 is 13.6. The number of nitrogens with zero attached hydrogens (tertiary/aromatic N) is 2. The lowest BCUT2D eigenvalue weighted by molar-refractivity contribution is -0.139. The van der Waals surface area contributed by atoms with Crippen LogP contribution in [0.2, 0.25) is 10.0 Å². The van der Waals surface area contributed by atoms with Gasteiger partial charge < -0.3 is 9.47 Å². The Kier molecular flexibility index (Phi) is 8.21. The molecule has 1 atom stereocenters. The molecule has 0 bridgehead atoms. The van der Waals surface area contributed by atoms with E-state index in [2.05, 4.69) is 23.2 Å². The van der Waals surface area contributed by atoms with E-state index in [4.69, 9.17) is 32.7 Å². The molecule has 6 nitrogen and oxygen atoms in total. The van der Waals surface area contributed by atoms with E-state index in [0.29, 0.717) is 48.6 Å². The quantitative estimate of drug-likeness (QED) is 0.185. The lowest BCUT2D eigenvalue weighted by Crippen LogP contribution is -2.40. The van der Waals surface area contributed by atoms with Crippen LogP contribution in [0.3, 0.4) is 0 Å². The first kappa shape index (κ1) is 28.9. The maximum atomic E-state index is 14.1. The summed E-state index contributed by atoms with van der Waals surface area (Å²) in [5.41, 5.74) is 2.72. The van der Waals surface area contributed by atoms with E-state index in [1.165, 1.54) is 15.9 Å². The summed E-state index contributed by atoms with van der Waals surface area (Å²) in [4.78, 5) is 32.3. The zero-order valence-electron chi connectivity index (χ0n) is 23.3. The fraction of sp³-hybridized carbons (Fsp3) is 0.147. The zero-order valence-corrected chi connectivity index (χ0v) is 25.7. The van der Waals surface area contributed by atoms with E-state index in [0.717, 1.165) is 16.3 Å². The number of hydrogen-bond donors (Lipinski definition) is 0. The van der Waals surface area contributed by atoms with Gasteiger partial charge in [0.1, 0.15) is 18.4 Å². The van der Waals surface area contributed by atoms with Crippen LogP contribution in [0.5, 0.6) is 5.75 Å². The van der Waals surface area contributed by atoms with Crippen molar-refractivity contribution < 1.29 is 14.3 Å². The minimum absolute atomic E-state index is 0.186. The average Bonchev–Trinajstić information content (AvgIpc) is 3.30. The predicted molar refractivity (Wildman–Crippen MR) is 172 cm³/mol. The van der Waals surface area contributed by atoms with Crippen LogP contribution in [0.15, 0.2) is 106 Å². The number of carbonyl (C=O) groups excluding carboxylic acids is 1. The van der Waals surface area contributed by atoms with Crippen LogP contribution in [0.4, 0.5) is 0 Å². The van der Waals surface area contributed by atoms with Gasteiger partial charge in [-0.3, -0.25) is 9.36 Å². The minimum Gasteiger partial charge on any atom is -0.488 e. The standard InChI is InChI=1S/C34H26Cl2N2O4S/c1-3-41-33(40)30-20(2)37-34-38(31(30)26-13-6-7-14-27(26)36)32(39)29(43-34)18-23-17-24(35)15-16-28(23)42-19-22-11-8-10-21-9-4-5-12-25(21)22/h4-18,31H,3,19H2,1-2H3/b29-18-/t31-/m0/s1. The highest BCUT2D eigenvalue weighted by Gasteiger charge is 2.34. The third kappa shape index (κ3) is 5.64. The summed E-state index contributed by atoms with van der Waals surface area (Å²) in [5.74, 6) is 0.0381. The van der Waals surface area contributed by atoms with E-state index in [1.807, 2.05) is 30.3 Å². The minimum atomic E-state index is -0.799. The molecule has 9 heteroatoms. The number of allylic oxidation sites excluding steroid dienone is 1. The van der Waals surface area contributed by atoms with Gasteiger partial charge in [-0.1, -0.05) is 95.2 Å². The van der Waals surface area contributed by atoms with Crippen molar-refractivity contribution in [2.75, 3.05) is 6.61 Å². The van der Waals surface area contributed by atoms with Gasteiger partial charge in [-0.15, -0.1) is 0 Å². The van der Waals surface area contributed by atoms with Crippen LogP contribution in [0, 0.1) is 0 Å². The van der Waals surface area contributed by atoms with Crippen molar-refractivity contribution in [3.05, 3.63) is 143 Å². The van der Waals surface area contributed by atoms with Gasteiger partial charge in [0.05, 0.1) is 22.4 Å². The molecule has 2 heterocycles. The van der Waals surface area contributed by atoms with Crippen molar-refractivity contribution in [2.45, 2.75) is 26.5 Å². The Labute approximate surface area is 261 Å². The summed E-state index contributed by atoms with van der Waals surface area (Å²) in [7, 11) is 0. The maximum Gasteiger partial charge on any atom is 0.338 e. The maximum absolute atomic E-state index is 14.1. The first-order valence-electron chi connectivity index (χ1n) is 13.7. The number of thiazole rings is 1. The van der Waals surface area contributed by atoms with Crippen LogP contribution >= 0.6 is 34.5 Å². The third-order valence-corrected chi connectivity index (χ3v) is 8.80. The smallest absolute Gasteiger partial charge is 0.338 e. The van der Waals surface area contributed by atoms with E-state index in [1.54, 1.807) is 56.3 Å². The number of carbonyl (C=O) groups is 1. The zero-order chi connectivity index (χ0) is 30.1. The molecule has 0 saturated carbocycles. The van der Waals surface area contributed by atoms with Crippen molar-refractivity contribution in [3.63, 3.8) is 0 Å². The second-order valence-electron chi connectivity index (χ2n) is 9.93. The van der Waals surface area contributed by atoms with Gasteiger partial charge in [-0.2, -0.15) is 0 Å². The summed E-state index contributed by atoms with van der Waals surface area (Å²) in [6, 6.07) is 25.9. The summed E-state index contributed by atoms with van der Waals surface area (Å²) in [6.07, 6.45) is 1.75. The van der Waals surface area contributed by atoms with Crippen molar-refractivity contribution >= 4 is 57.4 Å². The molecule has 4 aromatic carbocycles. The Bertz CT molecular complexity index is 2090. The second kappa shape index (κ2) is 12.2. The number of aromatic nitrogens is 1. The number of esters is 1. The van der Waals surface area contributed by atoms with Crippen molar-refractivity contribution in [3.8, 4) is 5.75 Å². The topological polar surface area (TPSA) is 69.9 Å². The van der Waals surface area contributed by atoms with E-state index in [9.17, 15) is 9.59 Å². The molecule has 0 amide bonds. The van der Waals surface area contributed by atoms with Crippen molar-refractivity contribution in [1.82, 2.24) is 4.57 Å². The monoisotopic (exact) mass is 628 g/mol. The van der Waals surface area contributed by atoms with Crippen LogP contribution in [-0.4, -0.2) is 17.1 Å². The molecule has 0 fully saturated rings. The molecule has 0 saturated heterocycles. The summed E-state index contributed by atoms with van der Waals surface area (Å²) >= 11 is 14.2. The number of benzene rings is 4. The van der Waals surface area contributed by atoms with Gasteiger partial charge in [0.15, 0.2) is 4.80 Å². The highest BCUT2D eigenvalue weighted by atomic mass is 35.5. The molecule has 6 rings (SSSR count). The Morgan fingerprint density at radius 3 is 2.60 bits per heavy atom. The molecule has 1 aliphatic rings. The summed E-state index contributed by atoms with van der Waals surface area (Å²) in [6.45, 7) is 3.99. The van der Waals surface area contributed by atoms with E-state index >= 15 is 0 Å². The van der Waals surface area contributed by atoms with Gasteiger partial charge in [0.2, 0.25) is 0 Å². The Morgan fingerprint density at radius 2 is 1.79 bits per heavy atom. The molecule has 1 aromatic heterocycles. The highest BCUT2D eigenvalue weighted by molar-refractivity contribution is 7.07. The van der Waals surface area contributed by atoms with E-state index in [-0.39, 0.29) is 17.7 Å². The molecule has 0 spiro atoms. The summed E-state index contributed by atoms with van der Waals surface area (Å²) in [5, 5.41) is 3.18. The van der Waals surface area contributed by atoms with Crippen LogP contribution in [-0.2, 0) is 16.1 Å². The van der Waals surface area contributed by atoms with Gasteiger partial charge in [-0.25, -0.2) is 9.79 Å². The van der Waals surface area contributed by atoms with Crippen molar-refractivity contribution in [2.24, 2.45) is 4.99 Å². The highest BCUT2D eigenvalue weighted by Crippen LogP contribution is 2.34. The number of hydrogen-bond acceptors (Lipinski definition) is 6. The molecule has 43 heavy (non-hydrogen) atoms. The molecular weight excluding hydrogens is 603 g/mol. The van der Waals surface area contributed by atoms with Crippen LogP contribution in [0.25, 0.3) is 16.8 Å². The first-order chi connectivity index (χ1) is 20.9. The molecule has 0 unspecified atom stereocenters. The Hall–Kier alpha value is -4.17. The fourth-order valence-electron chi connectivity index (χ4n) is 5.26. The van der Waals surface area contributed by atoms with Gasteiger partial charge in [-0.05, 0) is 66.1 Å². The Morgan fingerprint density at radius 1 is 1.02 bits per heavy atom. The van der Waals surface area contributed by atoms with Crippen LogP contribution < -0.4 is 19.6 Å². The fourth-order valence-corrected chi connectivity index (χ4v) is 6.72. The molecule has 0 radical (unpaired) electrons. The number of halogens is 2. The normalized spacial score (nSPS) is 14.9. The molecule has 5 aromatic rings. The predicted octanol–water partition coefficient (Wildman–Crippen LogP) is 6.84. The van der Waals surface area contributed by atoms with Crippen LogP contribution in [0.1, 0.15) is 36.6 Å². The van der Waals surface area contributed by atoms with Gasteiger partial charge >= 0.3 is 5.97 Å². The molecular formula is C34H26Cl2N2O4S. The molecule has 0 aliphatic carbocycles. The SMILES string of the molecule is CCOC(=O)C1=C(C)N=c2s/c(=C\c3cc(Cl)ccc3OCc3cccc4ccccc34)c(=O)n2[C@H]1c1ccccc1Cl. The number of fused-ring (bicyclic) bond motifs is 2. The first-order valence-corrected chi connectivity index (χ1v) is 15.3. The van der Waals surface area contributed by atoms with Crippen molar-refractivity contribution in [1.29, 1.82) is 0 Å². The Balaban J connectivity index is 1.45. The average molecular weight is 630 g/mol. The molecule has 1 aliphatic heterocycles. The number of ether oxygens (including phenoxy) is 2. The molecule has 0 N–H and O–H groups in total. The third-order valence-electron chi connectivity index (χ3n) is 7.24. The molecule has 216 valence electrons.